The van der Waals surface area contributed by atoms with Gasteiger partial charge in [-0.25, -0.2) is 0 Å². The zero-order valence-electron chi connectivity index (χ0n) is 30.4. The summed E-state index contributed by atoms with van der Waals surface area (Å²) in [6, 6.07) is 35.0. The standard InChI is InChI=1S/C45H60O4/c1-4-6-7-8-9-10-11-12-13-14-15-18-23-37-28-29-38(5-2)44(34-37)48-35-42(46)36-49-45(39-24-19-16-20-25-39,40-26-21-17-22-27-40)41-30-32-43(47-3)33-31-41/h16-17,19-22,24-34,42,46H,4-15,18,23,35-36H2,1-3H3. The molecule has 4 rings (SSSR count). The number of aliphatic hydroxyl groups excluding tert-OH is 1. The molecule has 1 unspecified atom stereocenters. The fourth-order valence-electron chi connectivity index (χ4n) is 6.73. The molecule has 0 amide bonds. The first kappa shape index (κ1) is 38.2. The van der Waals surface area contributed by atoms with Crippen LogP contribution in [0, 0.1) is 0 Å². The van der Waals surface area contributed by atoms with Gasteiger partial charge in [0, 0.05) is 0 Å². The van der Waals surface area contributed by atoms with E-state index in [1.807, 2.05) is 60.7 Å². The Kier molecular flexibility index (Phi) is 16.7. The Morgan fingerprint density at radius 1 is 0.592 bits per heavy atom. The second-order valence-electron chi connectivity index (χ2n) is 13.4. The topological polar surface area (TPSA) is 47.9 Å². The zero-order valence-corrected chi connectivity index (χ0v) is 30.4. The lowest BCUT2D eigenvalue weighted by molar-refractivity contribution is -0.0494. The van der Waals surface area contributed by atoms with Crippen LogP contribution in [0.15, 0.2) is 103 Å². The molecule has 1 N–H and O–H groups in total. The average Bonchev–Trinajstić information content (AvgIpc) is 3.15. The van der Waals surface area contributed by atoms with E-state index in [2.05, 4.69) is 56.3 Å². The molecule has 0 aromatic heterocycles. The molecule has 0 aliphatic carbocycles. The third kappa shape index (κ3) is 11.8. The van der Waals surface area contributed by atoms with Gasteiger partial charge in [-0.1, -0.05) is 169 Å². The molecule has 49 heavy (non-hydrogen) atoms. The Labute approximate surface area is 296 Å². The summed E-state index contributed by atoms with van der Waals surface area (Å²) in [5.41, 5.74) is 4.46. The van der Waals surface area contributed by atoms with E-state index >= 15 is 0 Å². The molecule has 0 aliphatic rings. The fraction of sp³-hybridized carbons (Fsp3) is 0.467. The van der Waals surface area contributed by atoms with Gasteiger partial charge < -0.3 is 19.3 Å². The number of methoxy groups -OCH3 is 1. The minimum absolute atomic E-state index is 0.0931. The smallest absolute Gasteiger partial charge is 0.143 e. The second-order valence-corrected chi connectivity index (χ2v) is 13.4. The minimum Gasteiger partial charge on any atom is -0.497 e. The highest BCUT2D eigenvalue weighted by molar-refractivity contribution is 5.48. The number of aliphatic hydroxyl groups is 1. The van der Waals surface area contributed by atoms with Crippen molar-refractivity contribution in [1.82, 2.24) is 0 Å². The van der Waals surface area contributed by atoms with Crippen molar-refractivity contribution in [3.8, 4) is 11.5 Å². The summed E-state index contributed by atoms with van der Waals surface area (Å²) in [7, 11) is 1.67. The Morgan fingerprint density at radius 3 is 1.65 bits per heavy atom. The maximum Gasteiger partial charge on any atom is 0.143 e. The van der Waals surface area contributed by atoms with E-state index in [9.17, 15) is 5.11 Å². The summed E-state index contributed by atoms with van der Waals surface area (Å²) in [6.45, 7) is 4.67. The van der Waals surface area contributed by atoms with Gasteiger partial charge in [-0.2, -0.15) is 0 Å². The number of hydrogen-bond acceptors (Lipinski definition) is 4. The Morgan fingerprint density at radius 2 is 1.12 bits per heavy atom. The van der Waals surface area contributed by atoms with E-state index < -0.39 is 11.7 Å². The van der Waals surface area contributed by atoms with E-state index in [4.69, 9.17) is 14.2 Å². The average molecular weight is 665 g/mol. The van der Waals surface area contributed by atoms with Crippen molar-refractivity contribution in [3.05, 3.63) is 131 Å². The van der Waals surface area contributed by atoms with Crippen molar-refractivity contribution >= 4 is 0 Å². The van der Waals surface area contributed by atoms with Crippen LogP contribution in [0.5, 0.6) is 11.5 Å². The molecule has 264 valence electrons. The zero-order chi connectivity index (χ0) is 34.6. The molecule has 1 atom stereocenters. The highest BCUT2D eigenvalue weighted by Gasteiger charge is 2.38. The lowest BCUT2D eigenvalue weighted by Gasteiger charge is -2.36. The monoisotopic (exact) mass is 664 g/mol. The Bertz CT molecular complexity index is 1390. The number of unbranched alkanes of at least 4 members (excludes halogenated alkanes) is 11. The number of ether oxygens (including phenoxy) is 3. The molecule has 0 radical (unpaired) electrons. The first-order valence-corrected chi connectivity index (χ1v) is 18.9. The summed E-state index contributed by atoms with van der Waals surface area (Å²) in [4.78, 5) is 0. The van der Waals surface area contributed by atoms with E-state index in [1.165, 1.54) is 82.6 Å². The molecule has 4 nitrogen and oxygen atoms in total. The SMILES string of the molecule is CCCCCCCCCCCCCCc1ccc(CC)c(OCC(O)COC(c2ccccc2)(c2ccccc2)c2ccc(OC)cc2)c1. The van der Waals surface area contributed by atoms with E-state index in [0.29, 0.717) is 0 Å². The number of rotatable bonds is 24. The lowest BCUT2D eigenvalue weighted by Crippen LogP contribution is -2.37. The minimum atomic E-state index is -0.932. The van der Waals surface area contributed by atoms with Crippen molar-refractivity contribution in [2.24, 2.45) is 0 Å². The maximum absolute atomic E-state index is 11.3. The van der Waals surface area contributed by atoms with Gasteiger partial charge in [0.15, 0.2) is 0 Å². The number of benzene rings is 4. The summed E-state index contributed by atoms with van der Waals surface area (Å²) >= 11 is 0. The molecule has 0 saturated heterocycles. The van der Waals surface area contributed by atoms with Crippen molar-refractivity contribution in [3.63, 3.8) is 0 Å². The van der Waals surface area contributed by atoms with Crippen LogP contribution in [0.3, 0.4) is 0 Å². The van der Waals surface area contributed by atoms with E-state index in [-0.39, 0.29) is 13.2 Å². The summed E-state index contributed by atoms with van der Waals surface area (Å²) in [5, 5.41) is 11.3. The fourth-order valence-corrected chi connectivity index (χ4v) is 6.73. The van der Waals surface area contributed by atoms with Gasteiger partial charge in [0.25, 0.3) is 0 Å². The van der Waals surface area contributed by atoms with Crippen LogP contribution in [0.1, 0.15) is 119 Å². The van der Waals surface area contributed by atoms with Crippen molar-refractivity contribution in [2.75, 3.05) is 20.3 Å². The Hall–Kier alpha value is -3.60. The molecular weight excluding hydrogens is 604 g/mol. The van der Waals surface area contributed by atoms with Crippen LogP contribution in [-0.2, 0) is 23.2 Å². The number of hydrogen-bond donors (Lipinski definition) is 1. The Balaban J connectivity index is 1.34. The van der Waals surface area contributed by atoms with E-state index in [0.717, 1.165) is 46.6 Å². The molecule has 0 bridgehead atoms. The van der Waals surface area contributed by atoms with Crippen molar-refractivity contribution in [1.29, 1.82) is 0 Å². The summed E-state index contributed by atoms with van der Waals surface area (Å²) in [6.07, 6.45) is 17.4. The highest BCUT2D eigenvalue weighted by atomic mass is 16.5. The predicted molar refractivity (Wildman–Crippen MR) is 204 cm³/mol. The molecule has 4 aromatic carbocycles. The highest BCUT2D eigenvalue weighted by Crippen LogP contribution is 2.41. The van der Waals surface area contributed by atoms with Crippen LogP contribution in [0.4, 0.5) is 0 Å². The van der Waals surface area contributed by atoms with Gasteiger partial charge in [-0.15, -0.1) is 0 Å². The molecular formula is C45H60O4. The molecule has 0 saturated carbocycles. The van der Waals surface area contributed by atoms with Crippen LogP contribution in [-0.4, -0.2) is 31.5 Å². The van der Waals surface area contributed by atoms with Gasteiger partial charge in [-0.3, -0.25) is 0 Å². The molecule has 0 aliphatic heterocycles. The predicted octanol–water partition coefficient (Wildman–Crippen LogP) is 11.2. The maximum atomic E-state index is 11.3. The largest absolute Gasteiger partial charge is 0.497 e. The van der Waals surface area contributed by atoms with Crippen LogP contribution < -0.4 is 9.47 Å². The van der Waals surface area contributed by atoms with Crippen LogP contribution in [0.25, 0.3) is 0 Å². The quantitative estimate of drug-likeness (QED) is 0.0598. The normalized spacial score (nSPS) is 12.2. The third-order valence-electron chi connectivity index (χ3n) is 9.61. The van der Waals surface area contributed by atoms with Gasteiger partial charge in [0.05, 0.1) is 13.7 Å². The molecule has 4 aromatic rings. The summed E-state index contributed by atoms with van der Waals surface area (Å²) in [5.74, 6) is 1.64. The number of aryl methyl sites for hydroxylation is 2. The van der Waals surface area contributed by atoms with E-state index in [1.54, 1.807) is 7.11 Å². The van der Waals surface area contributed by atoms with Crippen molar-refractivity contribution < 1.29 is 19.3 Å². The van der Waals surface area contributed by atoms with Crippen LogP contribution in [0.2, 0.25) is 0 Å². The molecule has 0 spiro atoms. The van der Waals surface area contributed by atoms with Gasteiger partial charge in [-0.05, 0) is 65.3 Å². The molecule has 0 heterocycles. The van der Waals surface area contributed by atoms with Gasteiger partial charge >= 0.3 is 0 Å². The first-order chi connectivity index (χ1) is 24.1. The third-order valence-corrected chi connectivity index (χ3v) is 9.61. The molecule has 0 fully saturated rings. The summed E-state index contributed by atoms with van der Waals surface area (Å²) < 4.78 is 18.6. The van der Waals surface area contributed by atoms with Gasteiger partial charge in [0.2, 0.25) is 0 Å². The van der Waals surface area contributed by atoms with Gasteiger partial charge in [0.1, 0.15) is 29.8 Å². The second kappa shape index (κ2) is 21.5. The molecule has 4 heteroatoms. The first-order valence-electron chi connectivity index (χ1n) is 18.9. The van der Waals surface area contributed by atoms with Crippen molar-refractivity contribution in [2.45, 2.75) is 115 Å². The lowest BCUT2D eigenvalue weighted by atomic mass is 9.80. The van der Waals surface area contributed by atoms with Crippen LogP contribution >= 0.6 is 0 Å².